The Balaban J connectivity index is 1.38. The first-order valence-corrected chi connectivity index (χ1v) is 11.4. The number of nitrogens with zero attached hydrogens (tertiary/aromatic N) is 2. The van der Waals surface area contributed by atoms with Crippen LogP contribution in [0.1, 0.15) is 16.8 Å². The average Bonchev–Trinajstić information content (AvgIpc) is 3.29. The van der Waals surface area contributed by atoms with Crippen LogP contribution in [-0.2, 0) is 4.79 Å². The van der Waals surface area contributed by atoms with Crippen LogP contribution < -0.4 is 21.3 Å². The summed E-state index contributed by atoms with van der Waals surface area (Å²) in [5.41, 5.74) is 10.9. The van der Waals surface area contributed by atoms with Crippen LogP contribution >= 0.6 is 0 Å². The largest absolute Gasteiger partial charge is 0.397 e. The number of nitrogens with two attached hydrogens (primary N) is 1. The van der Waals surface area contributed by atoms with Gasteiger partial charge in [0, 0.05) is 30.4 Å². The van der Waals surface area contributed by atoms with Crippen molar-refractivity contribution in [3.8, 4) is 11.1 Å². The summed E-state index contributed by atoms with van der Waals surface area (Å²) >= 11 is 0. The minimum absolute atomic E-state index is 0.0412. The SMILES string of the molecule is CN(C)CC(=O)NC1CCN(c2ccc(C(=O)Nc3cc(-c4ccccc4)ccc3N)cc2)C1. The van der Waals surface area contributed by atoms with Gasteiger partial charge in [0.15, 0.2) is 0 Å². The summed E-state index contributed by atoms with van der Waals surface area (Å²) in [5.74, 6) is -0.168. The monoisotopic (exact) mass is 457 g/mol. The zero-order valence-corrected chi connectivity index (χ0v) is 19.6. The number of rotatable bonds is 7. The van der Waals surface area contributed by atoms with E-state index in [9.17, 15) is 9.59 Å². The molecule has 4 rings (SSSR count). The second-order valence-corrected chi connectivity index (χ2v) is 8.91. The van der Waals surface area contributed by atoms with Gasteiger partial charge < -0.3 is 26.2 Å². The molecule has 1 saturated heterocycles. The minimum atomic E-state index is -0.210. The Hall–Kier alpha value is -3.84. The van der Waals surface area contributed by atoms with Crippen molar-refractivity contribution in [1.82, 2.24) is 10.2 Å². The third-order valence-electron chi connectivity index (χ3n) is 5.92. The van der Waals surface area contributed by atoms with Crippen LogP contribution in [0.3, 0.4) is 0 Å². The van der Waals surface area contributed by atoms with Gasteiger partial charge >= 0.3 is 0 Å². The van der Waals surface area contributed by atoms with E-state index in [0.717, 1.165) is 36.3 Å². The first-order valence-electron chi connectivity index (χ1n) is 11.4. The standard InChI is InChI=1S/C27H31N5O2/c1-31(2)18-26(33)29-22-14-15-32(17-22)23-11-8-20(9-12-23)27(34)30-25-16-21(10-13-24(25)28)19-6-4-3-5-7-19/h3-13,16,22H,14-15,17-18,28H2,1-2H3,(H,29,33)(H,30,34). The molecule has 34 heavy (non-hydrogen) atoms. The number of carbonyl (C=O) groups excluding carboxylic acids is 2. The Morgan fingerprint density at radius 3 is 2.44 bits per heavy atom. The smallest absolute Gasteiger partial charge is 0.255 e. The van der Waals surface area contributed by atoms with Crippen LogP contribution in [0.15, 0.2) is 72.8 Å². The molecular formula is C27H31N5O2. The van der Waals surface area contributed by atoms with Gasteiger partial charge in [-0.3, -0.25) is 9.59 Å². The molecule has 0 radical (unpaired) electrons. The van der Waals surface area contributed by atoms with Gasteiger partial charge in [0.25, 0.3) is 5.91 Å². The van der Waals surface area contributed by atoms with Crippen molar-refractivity contribution in [1.29, 1.82) is 0 Å². The highest BCUT2D eigenvalue weighted by Crippen LogP contribution is 2.28. The summed E-state index contributed by atoms with van der Waals surface area (Å²) in [6.07, 6.45) is 0.901. The molecule has 176 valence electrons. The predicted octanol–water partition coefficient (Wildman–Crippen LogP) is 3.44. The van der Waals surface area contributed by atoms with Crippen molar-refractivity contribution < 1.29 is 9.59 Å². The molecule has 1 heterocycles. The summed E-state index contributed by atoms with van der Waals surface area (Å²) in [4.78, 5) is 29.0. The van der Waals surface area contributed by atoms with Crippen molar-refractivity contribution in [2.45, 2.75) is 12.5 Å². The number of likely N-dealkylation sites (N-methyl/N-ethyl adjacent to an activating group) is 1. The molecule has 1 fully saturated rings. The van der Waals surface area contributed by atoms with E-state index < -0.39 is 0 Å². The Morgan fingerprint density at radius 2 is 1.74 bits per heavy atom. The maximum Gasteiger partial charge on any atom is 0.255 e. The van der Waals surface area contributed by atoms with Gasteiger partial charge in [0.2, 0.25) is 5.91 Å². The van der Waals surface area contributed by atoms with E-state index in [1.807, 2.05) is 91.8 Å². The number of carbonyl (C=O) groups is 2. The lowest BCUT2D eigenvalue weighted by Gasteiger charge is -2.20. The maximum absolute atomic E-state index is 12.9. The highest BCUT2D eigenvalue weighted by molar-refractivity contribution is 6.06. The van der Waals surface area contributed by atoms with Crippen molar-refractivity contribution in [3.63, 3.8) is 0 Å². The first kappa shape index (κ1) is 23.3. The topological polar surface area (TPSA) is 90.7 Å². The predicted molar refractivity (Wildman–Crippen MR) is 138 cm³/mol. The normalized spacial score (nSPS) is 15.4. The van der Waals surface area contributed by atoms with Gasteiger partial charge in [0.1, 0.15) is 0 Å². The molecule has 0 saturated carbocycles. The summed E-state index contributed by atoms with van der Waals surface area (Å²) < 4.78 is 0. The van der Waals surface area contributed by atoms with Gasteiger partial charge in [0.05, 0.1) is 17.9 Å². The fourth-order valence-electron chi connectivity index (χ4n) is 4.17. The number of hydrogen-bond acceptors (Lipinski definition) is 5. The molecule has 1 atom stereocenters. The molecule has 0 aliphatic carbocycles. The molecular weight excluding hydrogens is 426 g/mol. The summed E-state index contributed by atoms with van der Waals surface area (Å²) in [7, 11) is 3.76. The fourth-order valence-corrected chi connectivity index (χ4v) is 4.17. The summed E-state index contributed by atoms with van der Waals surface area (Å²) in [5, 5.41) is 6.03. The lowest BCUT2D eigenvalue weighted by atomic mass is 10.0. The number of nitrogen functional groups attached to an aromatic ring is 1. The van der Waals surface area contributed by atoms with Crippen LogP contribution in [0, 0.1) is 0 Å². The molecule has 1 aliphatic heterocycles. The number of amides is 2. The fraction of sp³-hybridized carbons (Fsp3) is 0.259. The molecule has 0 spiro atoms. The van der Waals surface area contributed by atoms with Crippen LogP contribution in [0.4, 0.5) is 17.1 Å². The van der Waals surface area contributed by atoms with Gasteiger partial charge in [-0.1, -0.05) is 36.4 Å². The minimum Gasteiger partial charge on any atom is -0.397 e. The molecule has 7 heteroatoms. The zero-order valence-electron chi connectivity index (χ0n) is 19.6. The third kappa shape index (κ3) is 5.74. The second kappa shape index (κ2) is 10.4. The highest BCUT2D eigenvalue weighted by Gasteiger charge is 2.24. The second-order valence-electron chi connectivity index (χ2n) is 8.91. The Morgan fingerprint density at radius 1 is 1.00 bits per heavy atom. The van der Waals surface area contributed by atoms with Gasteiger partial charge in [-0.2, -0.15) is 0 Å². The Bertz CT molecular complexity index is 1150. The van der Waals surface area contributed by atoms with E-state index in [2.05, 4.69) is 15.5 Å². The molecule has 1 unspecified atom stereocenters. The molecule has 7 nitrogen and oxygen atoms in total. The molecule has 0 bridgehead atoms. The number of anilines is 3. The van der Waals surface area contributed by atoms with E-state index in [1.54, 1.807) is 0 Å². The molecule has 3 aromatic rings. The van der Waals surface area contributed by atoms with Crippen LogP contribution in [-0.4, -0.2) is 56.5 Å². The third-order valence-corrected chi connectivity index (χ3v) is 5.92. The maximum atomic E-state index is 12.9. The van der Waals surface area contributed by atoms with Gasteiger partial charge in [-0.25, -0.2) is 0 Å². The van der Waals surface area contributed by atoms with E-state index in [-0.39, 0.29) is 17.9 Å². The quantitative estimate of drug-likeness (QED) is 0.473. The zero-order chi connectivity index (χ0) is 24.1. The number of benzene rings is 3. The van der Waals surface area contributed by atoms with Crippen LogP contribution in [0.2, 0.25) is 0 Å². The molecule has 4 N–H and O–H groups in total. The van der Waals surface area contributed by atoms with E-state index in [1.165, 1.54) is 0 Å². The summed E-state index contributed by atoms with van der Waals surface area (Å²) in [6, 6.07) is 23.3. The Kier molecular flexibility index (Phi) is 7.13. The molecule has 3 aromatic carbocycles. The van der Waals surface area contributed by atoms with Crippen molar-refractivity contribution in [3.05, 3.63) is 78.4 Å². The highest BCUT2D eigenvalue weighted by atomic mass is 16.2. The molecule has 0 aromatic heterocycles. The number of nitrogens with one attached hydrogen (secondary N) is 2. The van der Waals surface area contributed by atoms with Gasteiger partial charge in [-0.15, -0.1) is 0 Å². The van der Waals surface area contributed by atoms with Crippen LogP contribution in [0.25, 0.3) is 11.1 Å². The van der Waals surface area contributed by atoms with E-state index in [0.29, 0.717) is 23.5 Å². The first-order chi connectivity index (χ1) is 16.4. The molecule has 2 amide bonds. The average molecular weight is 458 g/mol. The number of hydrogen-bond donors (Lipinski definition) is 3. The Labute approximate surface area is 200 Å². The molecule has 1 aliphatic rings. The summed E-state index contributed by atoms with van der Waals surface area (Å²) in [6.45, 7) is 2.01. The van der Waals surface area contributed by atoms with E-state index in [4.69, 9.17) is 5.73 Å². The van der Waals surface area contributed by atoms with Gasteiger partial charge in [-0.05, 0) is 68.0 Å². The van der Waals surface area contributed by atoms with Crippen molar-refractivity contribution in [2.24, 2.45) is 0 Å². The lowest BCUT2D eigenvalue weighted by Crippen LogP contribution is -2.41. The van der Waals surface area contributed by atoms with Crippen molar-refractivity contribution in [2.75, 3.05) is 49.7 Å². The van der Waals surface area contributed by atoms with Crippen LogP contribution in [0.5, 0.6) is 0 Å². The lowest BCUT2D eigenvalue weighted by molar-refractivity contribution is -0.122. The van der Waals surface area contributed by atoms with Crippen molar-refractivity contribution >= 4 is 28.9 Å². The van der Waals surface area contributed by atoms with E-state index >= 15 is 0 Å².